The van der Waals surface area contributed by atoms with Gasteiger partial charge in [0.2, 0.25) is 0 Å². The van der Waals surface area contributed by atoms with Crippen LogP contribution in [0.5, 0.6) is 0 Å². The number of aromatic nitrogens is 2. The lowest BCUT2D eigenvalue weighted by Crippen LogP contribution is -2.32. The molecule has 5 nitrogen and oxygen atoms in total. The first-order chi connectivity index (χ1) is 9.00. The van der Waals surface area contributed by atoms with Crippen LogP contribution in [0.1, 0.15) is 46.4 Å². The SMILES string of the molecule is CCCc1nc(NCC)cc(NC(C)(C)CCO)n1. The molecule has 0 aliphatic rings. The van der Waals surface area contributed by atoms with Crippen molar-refractivity contribution >= 4 is 11.6 Å². The highest BCUT2D eigenvalue weighted by Gasteiger charge is 2.18. The Morgan fingerprint density at radius 3 is 2.47 bits per heavy atom. The second-order valence-electron chi connectivity index (χ2n) is 5.32. The van der Waals surface area contributed by atoms with Gasteiger partial charge in [0.1, 0.15) is 17.5 Å². The highest BCUT2D eigenvalue weighted by molar-refractivity contribution is 5.48. The highest BCUT2D eigenvalue weighted by Crippen LogP contribution is 2.19. The monoisotopic (exact) mass is 266 g/mol. The average Bonchev–Trinajstić information content (AvgIpc) is 2.28. The molecule has 0 saturated heterocycles. The van der Waals surface area contributed by atoms with Gasteiger partial charge >= 0.3 is 0 Å². The molecular weight excluding hydrogens is 240 g/mol. The van der Waals surface area contributed by atoms with Gasteiger partial charge in [-0.25, -0.2) is 9.97 Å². The van der Waals surface area contributed by atoms with Crippen LogP contribution in [0.15, 0.2) is 6.07 Å². The summed E-state index contributed by atoms with van der Waals surface area (Å²) in [5, 5.41) is 15.7. The zero-order valence-corrected chi connectivity index (χ0v) is 12.5. The van der Waals surface area contributed by atoms with Crippen LogP contribution in [0.4, 0.5) is 11.6 Å². The van der Waals surface area contributed by atoms with Crippen LogP contribution in [0, 0.1) is 0 Å². The molecule has 0 aliphatic carbocycles. The van der Waals surface area contributed by atoms with Gasteiger partial charge in [-0.15, -0.1) is 0 Å². The van der Waals surface area contributed by atoms with Gasteiger partial charge in [-0.05, 0) is 33.6 Å². The molecule has 0 saturated carbocycles. The Morgan fingerprint density at radius 1 is 1.21 bits per heavy atom. The van der Waals surface area contributed by atoms with Crippen LogP contribution < -0.4 is 10.6 Å². The third-order valence-corrected chi connectivity index (χ3v) is 2.81. The van der Waals surface area contributed by atoms with E-state index in [0.717, 1.165) is 36.8 Å². The van der Waals surface area contributed by atoms with Crippen molar-refractivity contribution in [1.82, 2.24) is 9.97 Å². The van der Waals surface area contributed by atoms with Crippen molar-refractivity contribution in [2.24, 2.45) is 0 Å². The van der Waals surface area contributed by atoms with Gasteiger partial charge in [-0.1, -0.05) is 6.92 Å². The summed E-state index contributed by atoms with van der Waals surface area (Å²) < 4.78 is 0. The number of hydrogen-bond acceptors (Lipinski definition) is 5. The van der Waals surface area contributed by atoms with E-state index in [4.69, 9.17) is 5.11 Å². The Kier molecular flexibility index (Phi) is 6.02. The highest BCUT2D eigenvalue weighted by atomic mass is 16.3. The van der Waals surface area contributed by atoms with E-state index in [1.165, 1.54) is 0 Å². The van der Waals surface area contributed by atoms with E-state index in [2.05, 4.69) is 41.4 Å². The standard InChI is InChI=1S/C14H26N4O/c1-5-7-11-16-12(15-6-2)10-13(17-11)18-14(3,4)8-9-19/h10,19H,5-9H2,1-4H3,(H2,15,16,17,18). The first kappa shape index (κ1) is 15.7. The fourth-order valence-electron chi connectivity index (χ4n) is 1.86. The Morgan fingerprint density at radius 2 is 1.89 bits per heavy atom. The maximum Gasteiger partial charge on any atom is 0.133 e. The first-order valence-electron chi connectivity index (χ1n) is 7.01. The van der Waals surface area contributed by atoms with E-state index in [1.807, 2.05) is 13.0 Å². The van der Waals surface area contributed by atoms with Gasteiger partial charge in [-0.2, -0.15) is 0 Å². The third kappa shape index (κ3) is 5.42. The quantitative estimate of drug-likeness (QED) is 0.674. The minimum Gasteiger partial charge on any atom is -0.396 e. The molecule has 0 unspecified atom stereocenters. The number of aliphatic hydroxyl groups is 1. The number of nitrogens with one attached hydrogen (secondary N) is 2. The fraction of sp³-hybridized carbons (Fsp3) is 0.714. The molecule has 108 valence electrons. The maximum absolute atomic E-state index is 9.07. The summed E-state index contributed by atoms with van der Waals surface area (Å²) in [6.45, 7) is 9.26. The Balaban J connectivity index is 2.91. The maximum atomic E-state index is 9.07. The second-order valence-corrected chi connectivity index (χ2v) is 5.32. The van der Waals surface area contributed by atoms with E-state index in [0.29, 0.717) is 6.42 Å². The summed E-state index contributed by atoms with van der Waals surface area (Å²) in [4.78, 5) is 9.01. The Labute approximate surface area is 115 Å². The van der Waals surface area contributed by atoms with Crippen molar-refractivity contribution in [2.45, 2.75) is 52.5 Å². The van der Waals surface area contributed by atoms with Crippen LogP contribution in [0.3, 0.4) is 0 Å². The number of aryl methyl sites for hydroxylation is 1. The lowest BCUT2D eigenvalue weighted by Gasteiger charge is -2.26. The van der Waals surface area contributed by atoms with Crippen LogP contribution in [-0.2, 0) is 6.42 Å². The topological polar surface area (TPSA) is 70.1 Å². The molecule has 1 aromatic rings. The van der Waals surface area contributed by atoms with Crippen molar-refractivity contribution in [2.75, 3.05) is 23.8 Å². The molecule has 1 aromatic heterocycles. The van der Waals surface area contributed by atoms with Crippen molar-refractivity contribution < 1.29 is 5.11 Å². The molecule has 19 heavy (non-hydrogen) atoms. The summed E-state index contributed by atoms with van der Waals surface area (Å²) in [6.07, 6.45) is 2.57. The predicted molar refractivity (Wildman–Crippen MR) is 79.6 cm³/mol. The molecule has 0 bridgehead atoms. The van der Waals surface area contributed by atoms with Crippen molar-refractivity contribution in [1.29, 1.82) is 0 Å². The van der Waals surface area contributed by atoms with Crippen LogP contribution in [0.2, 0.25) is 0 Å². The first-order valence-corrected chi connectivity index (χ1v) is 7.01. The molecule has 0 amide bonds. The van der Waals surface area contributed by atoms with E-state index in [1.54, 1.807) is 0 Å². The van der Waals surface area contributed by atoms with E-state index in [9.17, 15) is 0 Å². The van der Waals surface area contributed by atoms with Gasteiger partial charge in [-0.3, -0.25) is 0 Å². The van der Waals surface area contributed by atoms with Crippen molar-refractivity contribution in [3.8, 4) is 0 Å². The van der Waals surface area contributed by atoms with Crippen LogP contribution in [-0.4, -0.2) is 33.8 Å². The lowest BCUT2D eigenvalue weighted by atomic mass is 10.0. The molecule has 5 heteroatoms. The molecule has 1 rings (SSSR count). The number of hydrogen-bond donors (Lipinski definition) is 3. The van der Waals surface area contributed by atoms with Gasteiger partial charge in [0.15, 0.2) is 0 Å². The van der Waals surface area contributed by atoms with Crippen molar-refractivity contribution in [3.63, 3.8) is 0 Å². The van der Waals surface area contributed by atoms with Crippen molar-refractivity contribution in [3.05, 3.63) is 11.9 Å². The molecule has 0 aromatic carbocycles. The largest absolute Gasteiger partial charge is 0.396 e. The van der Waals surface area contributed by atoms with Gasteiger partial charge < -0.3 is 15.7 Å². The molecule has 3 N–H and O–H groups in total. The van der Waals surface area contributed by atoms with Crippen LogP contribution in [0.25, 0.3) is 0 Å². The molecule has 0 aliphatic heterocycles. The minimum atomic E-state index is -0.184. The Bertz CT molecular complexity index is 369. The second kappa shape index (κ2) is 7.28. The molecule has 0 radical (unpaired) electrons. The summed E-state index contributed by atoms with van der Waals surface area (Å²) in [6, 6.07) is 1.92. The number of rotatable bonds is 8. The molecular formula is C14H26N4O. The van der Waals surface area contributed by atoms with Gasteiger partial charge in [0.25, 0.3) is 0 Å². The molecule has 0 spiro atoms. The van der Waals surface area contributed by atoms with Gasteiger partial charge in [0, 0.05) is 31.2 Å². The molecule has 0 atom stereocenters. The third-order valence-electron chi connectivity index (χ3n) is 2.81. The summed E-state index contributed by atoms with van der Waals surface area (Å²) >= 11 is 0. The average molecular weight is 266 g/mol. The summed E-state index contributed by atoms with van der Waals surface area (Å²) in [7, 11) is 0. The zero-order chi connectivity index (χ0) is 14.3. The normalized spacial score (nSPS) is 11.4. The lowest BCUT2D eigenvalue weighted by molar-refractivity contribution is 0.260. The van der Waals surface area contributed by atoms with E-state index < -0.39 is 0 Å². The smallest absolute Gasteiger partial charge is 0.133 e. The predicted octanol–water partition coefficient (Wildman–Crippen LogP) is 2.43. The van der Waals surface area contributed by atoms with Crippen LogP contribution >= 0.6 is 0 Å². The fourth-order valence-corrected chi connectivity index (χ4v) is 1.86. The summed E-state index contributed by atoms with van der Waals surface area (Å²) in [5.41, 5.74) is -0.184. The number of aliphatic hydroxyl groups excluding tert-OH is 1. The van der Waals surface area contributed by atoms with Gasteiger partial charge in [0.05, 0.1) is 0 Å². The van der Waals surface area contributed by atoms with E-state index in [-0.39, 0.29) is 12.1 Å². The zero-order valence-electron chi connectivity index (χ0n) is 12.5. The number of anilines is 2. The van der Waals surface area contributed by atoms with E-state index >= 15 is 0 Å². The summed E-state index contributed by atoms with van der Waals surface area (Å²) in [5.74, 6) is 2.51. The number of nitrogens with zero attached hydrogens (tertiary/aromatic N) is 2. The molecule has 0 fully saturated rings. The minimum absolute atomic E-state index is 0.160. The Hall–Kier alpha value is -1.36. The molecule has 1 heterocycles.